The lowest BCUT2D eigenvalue weighted by Crippen LogP contribution is -2.10. The highest BCUT2D eigenvalue weighted by Crippen LogP contribution is 2.14. The van der Waals surface area contributed by atoms with Crippen LogP contribution >= 0.6 is 0 Å². The fourth-order valence-electron chi connectivity index (χ4n) is 1.04. The van der Waals surface area contributed by atoms with Crippen LogP contribution in [0.15, 0.2) is 28.9 Å². The zero-order valence-corrected chi connectivity index (χ0v) is 5.83. The second-order valence-electron chi connectivity index (χ2n) is 2.36. The Morgan fingerprint density at radius 2 is 2.45 bits per heavy atom. The summed E-state index contributed by atoms with van der Waals surface area (Å²) in [6.07, 6.45) is 3.14. The number of furan rings is 1. The highest BCUT2D eigenvalue weighted by Gasteiger charge is 2.13. The van der Waals surface area contributed by atoms with Crippen molar-refractivity contribution < 1.29 is 9.21 Å². The lowest BCUT2D eigenvalue weighted by molar-refractivity contribution is -0.113. The van der Waals surface area contributed by atoms with E-state index in [1.54, 1.807) is 18.4 Å². The predicted octanol–water partition coefficient (Wildman–Crippen LogP) is 0.793. The van der Waals surface area contributed by atoms with E-state index in [0.29, 0.717) is 6.54 Å². The van der Waals surface area contributed by atoms with E-state index in [1.807, 2.05) is 6.07 Å². The summed E-state index contributed by atoms with van der Waals surface area (Å²) in [5, 5.41) is 2.93. The van der Waals surface area contributed by atoms with Gasteiger partial charge in [0, 0.05) is 6.08 Å². The number of ketones is 1. The first-order chi connectivity index (χ1) is 5.36. The van der Waals surface area contributed by atoms with E-state index >= 15 is 0 Å². The van der Waals surface area contributed by atoms with Gasteiger partial charge in [0.25, 0.3) is 0 Å². The second-order valence-corrected chi connectivity index (χ2v) is 2.36. The zero-order chi connectivity index (χ0) is 7.68. The molecule has 1 aliphatic heterocycles. The number of hydrogen-bond acceptors (Lipinski definition) is 3. The lowest BCUT2D eigenvalue weighted by atomic mass is 10.3. The molecule has 0 unspecified atom stereocenters. The average Bonchev–Trinajstić information content (AvgIpc) is 2.55. The summed E-state index contributed by atoms with van der Waals surface area (Å²) in [7, 11) is 0. The van der Waals surface area contributed by atoms with Crippen LogP contribution in [-0.2, 0) is 4.79 Å². The SMILES string of the molecule is O=C1C=C(c2ccco2)NC1. The molecule has 0 aliphatic carbocycles. The second kappa shape index (κ2) is 2.27. The number of carbonyl (C=O) groups excluding carboxylic acids is 1. The Bertz CT molecular complexity index is 298. The van der Waals surface area contributed by atoms with Crippen molar-refractivity contribution in [2.45, 2.75) is 0 Å². The van der Waals surface area contributed by atoms with Gasteiger partial charge in [-0.15, -0.1) is 0 Å². The zero-order valence-electron chi connectivity index (χ0n) is 5.83. The first-order valence-corrected chi connectivity index (χ1v) is 3.38. The molecule has 0 saturated carbocycles. The Balaban J connectivity index is 2.31. The van der Waals surface area contributed by atoms with Crippen molar-refractivity contribution in [3.05, 3.63) is 30.2 Å². The average molecular weight is 149 g/mol. The van der Waals surface area contributed by atoms with Gasteiger partial charge in [0.2, 0.25) is 0 Å². The molecular formula is C8H7NO2. The molecule has 0 aromatic carbocycles. The van der Waals surface area contributed by atoms with Crippen LogP contribution in [0.2, 0.25) is 0 Å². The summed E-state index contributed by atoms with van der Waals surface area (Å²) in [5.74, 6) is 0.812. The standard InChI is InChI=1S/C8H7NO2/c10-6-4-7(9-5-6)8-2-1-3-11-8/h1-4,9H,5H2. The molecule has 0 radical (unpaired) electrons. The Kier molecular flexibility index (Phi) is 1.28. The first kappa shape index (κ1) is 6.22. The molecule has 0 amide bonds. The van der Waals surface area contributed by atoms with Crippen LogP contribution in [0.25, 0.3) is 5.70 Å². The lowest BCUT2D eigenvalue weighted by Gasteiger charge is -1.95. The summed E-state index contributed by atoms with van der Waals surface area (Å²) in [6, 6.07) is 3.61. The molecule has 56 valence electrons. The van der Waals surface area contributed by atoms with Gasteiger partial charge in [-0.1, -0.05) is 0 Å². The monoisotopic (exact) mass is 149 g/mol. The maximum absolute atomic E-state index is 10.8. The summed E-state index contributed by atoms with van der Waals surface area (Å²) < 4.78 is 5.08. The van der Waals surface area contributed by atoms with Crippen molar-refractivity contribution in [3.8, 4) is 0 Å². The maximum atomic E-state index is 10.8. The molecule has 0 bridgehead atoms. The molecule has 1 aromatic heterocycles. The minimum atomic E-state index is 0.0939. The summed E-state index contributed by atoms with van der Waals surface area (Å²) in [4.78, 5) is 10.8. The van der Waals surface area contributed by atoms with E-state index in [0.717, 1.165) is 11.5 Å². The number of hydrogen-bond donors (Lipinski definition) is 1. The van der Waals surface area contributed by atoms with Gasteiger partial charge in [-0.2, -0.15) is 0 Å². The van der Waals surface area contributed by atoms with Crippen LogP contribution < -0.4 is 5.32 Å². The van der Waals surface area contributed by atoms with E-state index in [2.05, 4.69) is 5.32 Å². The molecule has 0 saturated heterocycles. The van der Waals surface area contributed by atoms with Crippen molar-refractivity contribution in [2.75, 3.05) is 6.54 Å². The topological polar surface area (TPSA) is 42.2 Å². The van der Waals surface area contributed by atoms with Gasteiger partial charge in [-0.25, -0.2) is 0 Å². The highest BCUT2D eigenvalue weighted by molar-refractivity contribution is 6.01. The van der Waals surface area contributed by atoms with Crippen molar-refractivity contribution in [2.24, 2.45) is 0 Å². The van der Waals surface area contributed by atoms with Crippen molar-refractivity contribution >= 4 is 11.5 Å². The molecule has 0 atom stereocenters. The van der Waals surface area contributed by atoms with E-state index in [4.69, 9.17) is 4.42 Å². The molecule has 2 rings (SSSR count). The first-order valence-electron chi connectivity index (χ1n) is 3.38. The van der Waals surface area contributed by atoms with E-state index in [1.165, 1.54) is 0 Å². The predicted molar refractivity (Wildman–Crippen MR) is 39.7 cm³/mol. The van der Waals surface area contributed by atoms with Crippen LogP contribution in [-0.4, -0.2) is 12.3 Å². The molecule has 0 spiro atoms. The van der Waals surface area contributed by atoms with Crippen molar-refractivity contribution in [1.29, 1.82) is 0 Å². The quantitative estimate of drug-likeness (QED) is 0.642. The Morgan fingerprint density at radius 1 is 1.55 bits per heavy atom. The summed E-state index contributed by atoms with van der Waals surface area (Å²) in [6.45, 7) is 0.385. The third kappa shape index (κ3) is 1.05. The number of rotatable bonds is 1. The minimum Gasteiger partial charge on any atom is -0.463 e. The molecule has 1 aromatic rings. The third-order valence-corrected chi connectivity index (χ3v) is 1.55. The Hall–Kier alpha value is -1.51. The van der Waals surface area contributed by atoms with Gasteiger partial charge in [-0.3, -0.25) is 4.79 Å². The van der Waals surface area contributed by atoms with Gasteiger partial charge in [0.05, 0.1) is 18.5 Å². The van der Waals surface area contributed by atoms with Gasteiger partial charge in [0.15, 0.2) is 5.78 Å². The molecule has 3 heteroatoms. The smallest absolute Gasteiger partial charge is 0.176 e. The summed E-state index contributed by atoms with van der Waals surface area (Å²) >= 11 is 0. The molecule has 2 heterocycles. The van der Waals surface area contributed by atoms with Crippen LogP contribution in [0.5, 0.6) is 0 Å². The summed E-state index contributed by atoms with van der Waals surface area (Å²) in [5.41, 5.74) is 0.778. The van der Waals surface area contributed by atoms with Gasteiger partial charge < -0.3 is 9.73 Å². The largest absolute Gasteiger partial charge is 0.463 e. The van der Waals surface area contributed by atoms with Crippen LogP contribution in [0.1, 0.15) is 5.76 Å². The maximum Gasteiger partial charge on any atom is 0.176 e. The fourth-order valence-corrected chi connectivity index (χ4v) is 1.04. The van der Waals surface area contributed by atoms with Crippen molar-refractivity contribution in [3.63, 3.8) is 0 Å². The fraction of sp³-hybridized carbons (Fsp3) is 0.125. The van der Waals surface area contributed by atoms with Gasteiger partial charge in [0.1, 0.15) is 5.76 Å². The molecule has 3 nitrogen and oxygen atoms in total. The van der Waals surface area contributed by atoms with Gasteiger partial charge >= 0.3 is 0 Å². The van der Waals surface area contributed by atoms with Gasteiger partial charge in [-0.05, 0) is 12.1 Å². The van der Waals surface area contributed by atoms with E-state index in [9.17, 15) is 4.79 Å². The van der Waals surface area contributed by atoms with E-state index < -0.39 is 0 Å². The van der Waals surface area contributed by atoms with Crippen LogP contribution in [0.3, 0.4) is 0 Å². The third-order valence-electron chi connectivity index (χ3n) is 1.55. The van der Waals surface area contributed by atoms with Crippen molar-refractivity contribution in [1.82, 2.24) is 5.32 Å². The molecule has 1 N–H and O–H groups in total. The molecular weight excluding hydrogens is 142 g/mol. The molecule has 0 fully saturated rings. The Labute approximate surface area is 63.7 Å². The highest BCUT2D eigenvalue weighted by atomic mass is 16.3. The molecule has 11 heavy (non-hydrogen) atoms. The normalized spacial score (nSPS) is 16.4. The molecule has 1 aliphatic rings. The van der Waals surface area contributed by atoms with Crippen LogP contribution in [0.4, 0.5) is 0 Å². The number of nitrogens with one attached hydrogen (secondary N) is 1. The number of carbonyl (C=O) groups is 1. The van der Waals surface area contributed by atoms with Crippen LogP contribution in [0, 0.1) is 0 Å². The van der Waals surface area contributed by atoms with E-state index in [-0.39, 0.29) is 5.78 Å². The minimum absolute atomic E-state index is 0.0939. The Morgan fingerprint density at radius 3 is 3.00 bits per heavy atom.